The van der Waals surface area contributed by atoms with Gasteiger partial charge in [-0.2, -0.15) is 0 Å². The first-order chi connectivity index (χ1) is 13.5. The maximum atomic E-state index is 12.4. The zero-order valence-corrected chi connectivity index (χ0v) is 16.4. The fraction of sp³-hybridized carbons (Fsp3) is 0.318. The van der Waals surface area contributed by atoms with Gasteiger partial charge < -0.3 is 10.2 Å². The molecule has 1 aliphatic rings. The Labute approximate surface area is 165 Å². The molecule has 2 heterocycles. The van der Waals surface area contributed by atoms with Gasteiger partial charge >= 0.3 is 0 Å². The Bertz CT molecular complexity index is 836. The highest BCUT2D eigenvalue weighted by Crippen LogP contribution is 2.19. The van der Waals surface area contributed by atoms with Gasteiger partial charge in [0, 0.05) is 50.3 Å². The number of pyridine rings is 1. The minimum atomic E-state index is -0.0198. The topological polar surface area (TPSA) is 65.5 Å². The van der Waals surface area contributed by atoms with E-state index in [1.165, 1.54) is 0 Å². The number of hydrogen-bond donors (Lipinski definition) is 1. The van der Waals surface area contributed by atoms with Crippen LogP contribution >= 0.6 is 0 Å². The molecule has 1 saturated heterocycles. The summed E-state index contributed by atoms with van der Waals surface area (Å²) in [6.07, 6.45) is 6.78. The third-order valence-electron chi connectivity index (χ3n) is 4.90. The van der Waals surface area contributed by atoms with Crippen LogP contribution in [0.3, 0.4) is 0 Å². The summed E-state index contributed by atoms with van der Waals surface area (Å²) in [7, 11) is 0. The van der Waals surface area contributed by atoms with Crippen LogP contribution in [0.25, 0.3) is 6.08 Å². The summed E-state index contributed by atoms with van der Waals surface area (Å²) in [6.45, 7) is 6.93. The number of aryl methyl sites for hydroxylation is 2. The molecule has 3 rings (SSSR count). The number of para-hydroxylation sites is 1. The van der Waals surface area contributed by atoms with Gasteiger partial charge in [-0.1, -0.05) is 24.3 Å². The van der Waals surface area contributed by atoms with Crippen molar-refractivity contribution in [2.75, 3.05) is 38.0 Å². The number of nitrogens with zero attached hydrogens (tertiary/aromatic N) is 3. The van der Waals surface area contributed by atoms with E-state index in [9.17, 15) is 9.59 Å². The fourth-order valence-electron chi connectivity index (χ4n) is 3.27. The molecule has 0 atom stereocenters. The average molecular weight is 378 g/mol. The first kappa shape index (κ1) is 19.8. The second-order valence-electron chi connectivity index (χ2n) is 7.04. The van der Waals surface area contributed by atoms with E-state index in [2.05, 4.69) is 15.2 Å². The van der Waals surface area contributed by atoms with Gasteiger partial charge in [-0.25, -0.2) is 0 Å². The lowest BCUT2D eigenvalue weighted by atomic mass is 10.1. The van der Waals surface area contributed by atoms with Gasteiger partial charge in [0.1, 0.15) is 0 Å². The van der Waals surface area contributed by atoms with Crippen molar-refractivity contribution in [1.29, 1.82) is 0 Å². The minimum absolute atomic E-state index is 0.0107. The van der Waals surface area contributed by atoms with Crippen molar-refractivity contribution in [1.82, 2.24) is 14.8 Å². The molecule has 0 spiro atoms. The lowest BCUT2D eigenvalue weighted by molar-refractivity contribution is -0.127. The summed E-state index contributed by atoms with van der Waals surface area (Å²) in [5.41, 5.74) is 3.91. The molecule has 28 heavy (non-hydrogen) atoms. The third kappa shape index (κ3) is 5.27. The van der Waals surface area contributed by atoms with Crippen LogP contribution in [0.4, 0.5) is 5.69 Å². The zero-order valence-electron chi connectivity index (χ0n) is 16.4. The van der Waals surface area contributed by atoms with Crippen molar-refractivity contribution in [2.24, 2.45) is 0 Å². The number of amides is 2. The van der Waals surface area contributed by atoms with Crippen molar-refractivity contribution in [2.45, 2.75) is 13.8 Å². The maximum absolute atomic E-state index is 12.4. The molecular formula is C22H26N4O2. The first-order valence-electron chi connectivity index (χ1n) is 9.48. The molecule has 6 nitrogen and oxygen atoms in total. The van der Waals surface area contributed by atoms with Crippen LogP contribution in [0, 0.1) is 13.8 Å². The van der Waals surface area contributed by atoms with E-state index in [1.54, 1.807) is 24.5 Å². The van der Waals surface area contributed by atoms with E-state index in [1.807, 2.05) is 49.1 Å². The fourth-order valence-corrected chi connectivity index (χ4v) is 3.27. The summed E-state index contributed by atoms with van der Waals surface area (Å²) in [5.74, 6) is -0.0304. The van der Waals surface area contributed by atoms with E-state index >= 15 is 0 Å². The monoisotopic (exact) mass is 378 g/mol. The number of nitrogens with one attached hydrogen (secondary N) is 1. The molecule has 2 aromatic rings. The van der Waals surface area contributed by atoms with E-state index < -0.39 is 0 Å². The Balaban J connectivity index is 1.46. The second-order valence-corrected chi connectivity index (χ2v) is 7.04. The molecular weight excluding hydrogens is 352 g/mol. The standard InChI is InChI=1S/C22H26N4O2/c1-17-5-3-6-18(2)22(17)24-20(27)16-25-11-13-26(14-12-25)21(28)9-8-19-7-4-10-23-15-19/h3-10,15H,11-14,16H2,1-2H3,(H,24,27)/b9-8+. The number of piperazine rings is 1. The first-order valence-corrected chi connectivity index (χ1v) is 9.48. The Morgan fingerprint density at radius 1 is 1.07 bits per heavy atom. The SMILES string of the molecule is Cc1cccc(C)c1NC(=O)CN1CCN(C(=O)/C=C/c2cccnc2)CC1. The zero-order chi connectivity index (χ0) is 19.9. The number of benzene rings is 1. The van der Waals surface area contributed by atoms with Gasteiger partial charge in [-0.05, 0) is 42.7 Å². The molecule has 1 aromatic carbocycles. The number of aromatic nitrogens is 1. The number of rotatable bonds is 5. The Morgan fingerprint density at radius 2 is 1.79 bits per heavy atom. The Hall–Kier alpha value is -2.99. The predicted molar refractivity (Wildman–Crippen MR) is 111 cm³/mol. The number of anilines is 1. The molecule has 1 fully saturated rings. The quantitative estimate of drug-likeness (QED) is 0.812. The largest absolute Gasteiger partial charge is 0.337 e. The summed E-state index contributed by atoms with van der Waals surface area (Å²) < 4.78 is 0. The Kier molecular flexibility index (Phi) is 6.55. The van der Waals surface area contributed by atoms with Crippen LogP contribution in [0.1, 0.15) is 16.7 Å². The van der Waals surface area contributed by atoms with Gasteiger partial charge in [-0.3, -0.25) is 19.5 Å². The molecule has 0 aliphatic carbocycles. The lowest BCUT2D eigenvalue weighted by Crippen LogP contribution is -2.50. The van der Waals surface area contributed by atoms with E-state index in [-0.39, 0.29) is 11.8 Å². The molecule has 2 amide bonds. The molecule has 1 N–H and O–H groups in total. The van der Waals surface area contributed by atoms with Crippen molar-refractivity contribution >= 4 is 23.6 Å². The smallest absolute Gasteiger partial charge is 0.246 e. The van der Waals surface area contributed by atoms with E-state index in [4.69, 9.17) is 0 Å². The minimum Gasteiger partial charge on any atom is -0.337 e. The van der Waals surface area contributed by atoms with Crippen LogP contribution in [-0.4, -0.2) is 59.3 Å². The van der Waals surface area contributed by atoms with Crippen molar-refractivity contribution < 1.29 is 9.59 Å². The highest BCUT2D eigenvalue weighted by Gasteiger charge is 2.21. The van der Waals surface area contributed by atoms with Crippen molar-refractivity contribution in [3.05, 3.63) is 65.5 Å². The molecule has 6 heteroatoms. The summed E-state index contributed by atoms with van der Waals surface area (Å²) >= 11 is 0. The molecule has 0 radical (unpaired) electrons. The molecule has 1 aliphatic heterocycles. The van der Waals surface area contributed by atoms with Gasteiger partial charge in [0.2, 0.25) is 11.8 Å². The Morgan fingerprint density at radius 3 is 2.43 bits per heavy atom. The predicted octanol–water partition coefficient (Wildman–Crippen LogP) is 2.49. The van der Waals surface area contributed by atoms with Gasteiger partial charge in [0.25, 0.3) is 0 Å². The lowest BCUT2D eigenvalue weighted by Gasteiger charge is -2.33. The van der Waals surface area contributed by atoms with E-state index in [0.29, 0.717) is 32.7 Å². The summed E-state index contributed by atoms with van der Waals surface area (Å²) in [6, 6.07) is 9.72. The number of carbonyl (C=O) groups excluding carboxylic acids is 2. The normalized spacial score (nSPS) is 15.0. The highest BCUT2D eigenvalue weighted by molar-refractivity contribution is 5.94. The second kappa shape index (κ2) is 9.28. The summed E-state index contributed by atoms with van der Waals surface area (Å²) in [4.78, 5) is 32.7. The average Bonchev–Trinajstić information content (AvgIpc) is 2.70. The van der Waals surface area contributed by atoms with Gasteiger partial charge in [0.05, 0.1) is 6.54 Å². The van der Waals surface area contributed by atoms with Crippen LogP contribution < -0.4 is 5.32 Å². The number of hydrogen-bond acceptors (Lipinski definition) is 4. The molecule has 0 saturated carbocycles. The maximum Gasteiger partial charge on any atom is 0.246 e. The molecule has 0 bridgehead atoms. The number of carbonyl (C=O) groups is 2. The van der Waals surface area contributed by atoms with Gasteiger partial charge in [-0.15, -0.1) is 0 Å². The molecule has 1 aromatic heterocycles. The van der Waals surface area contributed by atoms with Crippen molar-refractivity contribution in [3.8, 4) is 0 Å². The summed E-state index contributed by atoms with van der Waals surface area (Å²) in [5, 5.41) is 3.02. The highest BCUT2D eigenvalue weighted by atomic mass is 16.2. The van der Waals surface area contributed by atoms with Gasteiger partial charge in [0.15, 0.2) is 0 Å². The van der Waals surface area contributed by atoms with E-state index in [0.717, 1.165) is 22.4 Å². The molecule has 146 valence electrons. The van der Waals surface area contributed by atoms with Crippen LogP contribution in [0.5, 0.6) is 0 Å². The van der Waals surface area contributed by atoms with Crippen LogP contribution in [0.2, 0.25) is 0 Å². The third-order valence-corrected chi connectivity index (χ3v) is 4.90. The molecule has 0 unspecified atom stereocenters. The van der Waals surface area contributed by atoms with Crippen LogP contribution in [0.15, 0.2) is 48.8 Å². The van der Waals surface area contributed by atoms with Crippen LogP contribution in [-0.2, 0) is 9.59 Å². The van der Waals surface area contributed by atoms with Crippen molar-refractivity contribution in [3.63, 3.8) is 0 Å².